The topological polar surface area (TPSA) is 92.0 Å². The van der Waals surface area contributed by atoms with E-state index in [1.165, 1.54) is 37.1 Å². The van der Waals surface area contributed by atoms with Crippen LogP contribution < -0.4 is 15.4 Å². The maximum atomic E-state index is 13.6. The molecule has 3 aromatic carbocycles. The van der Waals surface area contributed by atoms with Crippen LogP contribution in [0.2, 0.25) is 0 Å². The highest BCUT2D eigenvalue weighted by atomic mass is 19.4. The SMILES string of the molecule is COc1ccccc1C(NCC1CC1)c1cccc(NC(=O)c2cc(C(F)(F)F)nn2-c2cccc(C#N)c2)c1. The van der Waals surface area contributed by atoms with Crippen molar-refractivity contribution in [2.45, 2.75) is 25.1 Å². The van der Waals surface area contributed by atoms with Crippen LogP contribution in [0, 0.1) is 17.2 Å². The normalized spacial score (nSPS) is 13.9. The number of rotatable bonds is 9. The molecule has 0 aliphatic heterocycles. The molecule has 7 nitrogen and oxygen atoms in total. The molecule has 1 fully saturated rings. The Kier molecular flexibility index (Phi) is 7.58. The summed E-state index contributed by atoms with van der Waals surface area (Å²) in [6.07, 6.45) is -2.42. The van der Waals surface area contributed by atoms with Crippen molar-refractivity contribution in [1.82, 2.24) is 15.1 Å². The molecule has 204 valence electrons. The van der Waals surface area contributed by atoms with Crippen LogP contribution in [-0.4, -0.2) is 29.3 Å². The first-order chi connectivity index (χ1) is 19.3. The van der Waals surface area contributed by atoms with Gasteiger partial charge in [0.15, 0.2) is 5.69 Å². The summed E-state index contributed by atoms with van der Waals surface area (Å²) >= 11 is 0. The van der Waals surface area contributed by atoms with Crippen molar-refractivity contribution in [3.63, 3.8) is 0 Å². The smallest absolute Gasteiger partial charge is 0.435 e. The van der Waals surface area contributed by atoms with E-state index in [0.717, 1.165) is 22.4 Å². The number of carbonyl (C=O) groups is 1. The zero-order valence-corrected chi connectivity index (χ0v) is 21.6. The summed E-state index contributed by atoms with van der Waals surface area (Å²) in [6.45, 7) is 0.820. The summed E-state index contributed by atoms with van der Waals surface area (Å²) in [4.78, 5) is 13.3. The third-order valence-electron chi connectivity index (χ3n) is 6.69. The van der Waals surface area contributed by atoms with Crippen LogP contribution in [0.4, 0.5) is 18.9 Å². The molecule has 1 aromatic heterocycles. The molecule has 0 spiro atoms. The molecule has 4 aromatic rings. The molecule has 1 aliphatic rings. The van der Waals surface area contributed by atoms with Gasteiger partial charge in [0, 0.05) is 17.3 Å². The van der Waals surface area contributed by atoms with Crippen molar-refractivity contribution in [2.24, 2.45) is 5.92 Å². The summed E-state index contributed by atoms with van der Waals surface area (Å²) in [5.41, 5.74) is 1.04. The largest absolute Gasteiger partial charge is 0.496 e. The highest BCUT2D eigenvalue weighted by molar-refractivity contribution is 6.03. The quantitative estimate of drug-likeness (QED) is 0.265. The molecule has 10 heteroatoms. The lowest BCUT2D eigenvalue weighted by atomic mass is 9.97. The number of halogens is 3. The lowest BCUT2D eigenvalue weighted by molar-refractivity contribution is -0.141. The summed E-state index contributed by atoms with van der Waals surface area (Å²) < 4.78 is 47.2. The van der Waals surface area contributed by atoms with Crippen molar-refractivity contribution in [1.29, 1.82) is 5.26 Å². The molecule has 1 atom stereocenters. The molecular formula is C30H26F3N5O2. The number of methoxy groups -OCH3 is 1. The Bertz CT molecular complexity index is 1570. The molecule has 0 radical (unpaired) electrons. The third-order valence-corrected chi connectivity index (χ3v) is 6.69. The van der Waals surface area contributed by atoms with Crippen LogP contribution in [0.3, 0.4) is 0 Å². The number of alkyl halides is 3. The molecule has 1 unspecified atom stereocenters. The maximum absolute atomic E-state index is 13.6. The van der Waals surface area contributed by atoms with Crippen LogP contribution in [0.1, 0.15) is 51.8 Å². The molecule has 1 heterocycles. The van der Waals surface area contributed by atoms with Crippen LogP contribution >= 0.6 is 0 Å². The molecule has 0 saturated heterocycles. The third kappa shape index (κ3) is 6.00. The van der Waals surface area contributed by atoms with E-state index in [2.05, 4.69) is 15.7 Å². The second-order valence-corrected chi connectivity index (χ2v) is 9.59. The number of amides is 1. The van der Waals surface area contributed by atoms with Gasteiger partial charge in [0.25, 0.3) is 5.91 Å². The molecule has 40 heavy (non-hydrogen) atoms. The second-order valence-electron chi connectivity index (χ2n) is 9.59. The number of hydrogen-bond acceptors (Lipinski definition) is 5. The van der Waals surface area contributed by atoms with E-state index in [0.29, 0.717) is 23.4 Å². The van der Waals surface area contributed by atoms with Gasteiger partial charge in [0.05, 0.1) is 30.5 Å². The molecular weight excluding hydrogens is 519 g/mol. The van der Waals surface area contributed by atoms with Crippen molar-refractivity contribution < 1.29 is 22.7 Å². The van der Waals surface area contributed by atoms with Gasteiger partial charge in [-0.3, -0.25) is 4.79 Å². The van der Waals surface area contributed by atoms with E-state index in [1.807, 2.05) is 36.4 Å². The number of anilines is 1. The van der Waals surface area contributed by atoms with Crippen LogP contribution in [0.25, 0.3) is 5.69 Å². The fraction of sp³-hybridized carbons (Fsp3) is 0.233. The second kappa shape index (κ2) is 11.2. The number of nitrogens with one attached hydrogen (secondary N) is 2. The summed E-state index contributed by atoms with van der Waals surface area (Å²) in [5.74, 6) is 0.554. The number of nitriles is 1. The molecule has 2 N–H and O–H groups in total. The van der Waals surface area contributed by atoms with Gasteiger partial charge in [0.2, 0.25) is 0 Å². The summed E-state index contributed by atoms with van der Waals surface area (Å²) in [7, 11) is 1.61. The number of nitrogens with zero attached hydrogens (tertiary/aromatic N) is 3. The van der Waals surface area contributed by atoms with E-state index < -0.39 is 17.8 Å². The van der Waals surface area contributed by atoms with E-state index in [9.17, 15) is 23.2 Å². The van der Waals surface area contributed by atoms with Gasteiger partial charge >= 0.3 is 6.18 Å². The van der Waals surface area contributed by atoms with Gasteiger partial charge in [-0.25, -0.2) is 4.68 Å². The van der Waals surface area contributed by atoms with Crippen LogP contribution in [0.15, 0.2) is 78.9 Å². The Balaban J connectivity index is 1.47. The van der Waals surface area contributed by atoms with Gasteiger partial charge in [-0.05, 0) is 67.3 Å². The molecule has 1 aliphatic carbocycles. The average Bonchev–Trinajstić information content (AvgIpc) is 3.66. The Hall–Kier alpha value is -4.62. The predicted octanol–water partition coefficient (Wildman–Crippen LogP) is 6.11. The van der Waals surface area contributed by atoms with Crippen LogP contribution in [0.5, 0.6) is 5.75 Å². The van der Waals surface area contributed by atoms with E-state index >= 15 is 0 Å². The van der Waals surface area contributed by atoms with Gasteiger partial charge in [-0.2, -0.15) is 23.5 Å². The highest BCUT2D eigenvalue weighted by Crippen LogP contribution is 2.34. The first kappa shape index (κ1) is 27.0. The number of hydrogen-bond donors (Lipinski definition) is 2. The van der Waals surface area contributed by atoms with Crippen molar-refractivity contribution >= 4 is 11.6 Å². The number of ether oxygens (including phenoxy) is 1. The standard InChI is InChI=1S/C30H26F3N5O2/c1-40-26-11-3-2-10-24(26)28(35-18-19-12-13-19)21-7-5-8-22(15-21)36-29(39)25-16-27(30(31,32)33)37-38(25)23-9-4-6-20(14-23)17-34/h2-11,14-16,19,28,35H,12-13,18H2,1H3,(H,36,39). The Morgan fingerprint density at radius 2 is 1.88 bits per heavy atom. The fourth-order valence-electron chi connectivity index (χ4n) is 4.50. The Labute approximate surface area is 229 Å². The summed E-state index contributed by atoms with van der Waals surface area (Å²) in [5, 5.41) is 19.2. The molecule has 0 bridgehead atoms. The number of para-hydroxylation sites is 1. The van der Waals surface area contributed by atoms with E-state index in [4.69, 9.17) is 4.74 Å². The first-order valence-electron chi connectivity index (χ1n) is 12.7. The molecule has 1 amide bonds. The summed E-state index contributed by atoms with van der Waals surface area (Å²) in [6, 6.07) is 23.1. The van der Waals surface area contributed by atoms with E-state index in [-0.39, 0.29) is 23.0 Å². The molecule has 5 rings (SSSR count). The predicted molar refractivity (Wildman–Crippen MR) is 143 cm³/mol. The van der Waals surface area contributed by atoms with Crippen molar-refractivity contribution in [2.75, 3.05) is 19.0 Å². The van der Waals surface area contributed by atoms with Gasteiger partial charge in [-0.1, -0.05) is 36.4 Å². The Morgan fingerprint density at radius 1 is 1.10 bits per heavy atom. The van der Waals surface area contributed by atoms with Crippen molar-refractivity contribution in [3.05, 3.63) is 107 Å². The van der Waals surface area contributed by atoms with Crippen LogP contribution in [-0.2, 0) is 6.18 Å². The zero-order valence-electron chi connectivity index (χ0n) is 21.6. The minimum atomic E-state index is -4.76. The monoisotopic (exact) mass is 545 g/mol. The van der Waals surface area contributed by atoms with Gasteiger partial charge in [0.1, 0.15) is 11.4 Å². The van der Waals surface area contributed by atoms with Gasteiger partial charge < -0.3 is 15.4 Å². The number of aromatic nitrogens is 2. The first-order valence-corrected chi connectivity index (χ1v) is 12.7. The maximum Gasteiger partial charge on any atom is 0.435 e. The Morgan fingerprint density at radius 3 is 2.60 bits per heavy atom. The molecule has 1 saturated carbocycles. The number of carbonyl (C=O) groups excluding carboxylic acids is 1. The lowest BCUT2D eigenvalue weighted by Crippen LogP contribution is -2.25. The minimum absolute atomic E-state index is 0.161. The van der Waals surface area contributed by atoms with Crippen molar-refractivity contribution in [3.8, 4) is 17.5 Å². The van der Waals surface area contributed by atoms with E-state index in [1.54, 1.807) is 25.3 Å². The zero-order chi connectivity index (χ0) is 28.3. The number of benzene rings is 3. The highest BCUT2D eigenvalue weighted by Gasteiger charge is 2.36. The fourth-order valence-corrected chi connectivity index (χ4v) is 4.50. The average molecular weight is 546 g/mol. The lowest BCUT2D eigenvalue weighted by Gasteiger charge is -2.22. The van der Waals surface area contributed by atoms with Gasteiger partial charge in [-0.15, -0.1) is 0 Å². The minimum Gasteiger partial charge on any atom is -0.496 e.